The van der Waals surface area contributed by atoms with Crippen molar-refractivity contribution in [3.63, 3.8) is 0 Å². The van der Waals surface area contributed by atoms with Gasteiger partial charge in [0.15, 0.2) is 5.72 Å². The van der Waals surface area contributed by atoms with Crippen molar-refractivity contribution in [1.82, 2.24) is 10.2 Å². The van der Waals surface area contributed by atoms with Gasteiger partial charge in [0.2, 0.25) is 0 Å². The van der Waals surface area contributed by atoms with Gasteiger partial charge < -0.3 is 15.2 Å². The molecule has 1 amide bonds. The van der Waals surface area contributed by atoms with Crippen molar-refractivity contribution in [2.75, 3.05) is 19.7 Å². The number of amides is 1. The smallest absolute Gasteiger partial charge is 0.257 e. The van der Waals surface area contributed by atoms with E-state index in [0.717, 1.165) is 25.9 Å². The molecule has 3 heterocycles. The van der Waals surface area contributed by atoms with E-state index >= 15 is 0 Å². The lowest BCUT2D eigenvalue weighted by atomic mass is 9.91. The maximum atomic E-state index is 13.3. The predicted molar refractivity (Wildman–Crippen MR) is 102 cm³/mol. The van der Waals surface area contributed by atoms with Gasteiger partial charge >= 0.3 is 0 Å². The summed E-state index contributed by atoms with van der Waals surface area (Å²) in [5.74, 6) is 0.577. The van der Waals surface area contributed by atoms with Crippen molar-refractivity contribution in [2.24, 2.45) is 4.99 Å². The topological polar surface area (TPSA) is 74.2 Å². The van der Waals surface area contributed by atoms with E-state index in [2.05, 4.69) is 10.3 Å². The molecule has 0 radical (unpaired) electrons. The van der Waals surface area contributed by atoms with Crippen LogP contribution in [0.1, 0.15) is 34.3 Å². The van der Waals surface area contributed by atoms with E-state index in [1.165, 1.54) is 0 Å². The number of hydrogen-bond acceptors (Lipinski definition) is 5. The van der Waals surface area contributed by atoms with E-state index in [0.29, 0.717) is 34.7 Å². The maximum Gasteiger partial charge on any atom is 0.257 e. The number of hydrogen-bond donors (Lipinski definition) is 2. The molecule has 0 aliphatic carbocycles. The third-order valence-corrected chi connectivity index (χ3v) is 5.68. The molecule has 0 saturated carbocycles. The Kier molecular flexibility index (Phi) is 3.77. The van der Waals surface area contributed by atoms with E-state index in [1.54, 1.807) is 17.2 Å². The van der Waals surface area contributed by atoms with Crippen LogP contribution in [0.5, 0.6) is 5.75 Å². The number of nitrogens with zero attached hydrogens (tertiary/aromatic N) is 2. The zero-order valence-electron chi connectivity index (χ0n) is 14.9. The lowest BCUT2D eigenvalue weighted by Crippen LogP contribution is -2.53. The van der Waals surface area contributed by atoms with Gasteiger partial charge in [-0.2, -0.15) is 0 Å². The van der Waals surface area contributed by atoms with Gasteiger partial charge in [-0.25, -0.2) is 0 Å². The Morgan fingerprint density at radius 1 is 1.19 bits per heavy atom. The fourth-order valence-corrected chi connectivity index (χ4v) is 4.39. The Bertz CT molecular complexity index is 936. The Labute approximate surface area is 157 Å². The van der Waals surface area contributed by atoms with Crippen molar-refractivity contribution in [1.29, 1.82) is 0 Å². The van der Waals surface area contributed by atoms with Gasteiger partial charge in [-0.05, 0) is 44.1 Å². The second-order valence-corrected chi connectivity index (χ2v) is 7.18. The van der Waals surface area contributed by atoms with Crippen LogP contribution in [0, 0.1) is 0 Å². The summed E-state index contributed by atoms with van der Waals surface area (Å²) in [6.45, 7) is 2.12. The SMILES string of the molecule is O=C1c2ccccc2C(O)(c2ccc3c(c2)N=CCO3)N1C1CCNCC1. The van der Waals surface area contributed by atoms with Gasteiger partial charge in [-0.15, -0.1) is 0 Å². The summed E-state index contributed by atoms with van der Waals surface area (Å²) in [5.41, 5.74) is 1.01. The third-order valence-electron chi connectivity index (χ3n) is 5.68. The van der Waals surface area contributed by atoms with E-state index in [9.17, 15) is 9.90 Å². The number of benzene rings is 2. The van der Waals surface area contributed by atoms with Crippen LogP contribution in [0.2, 0.25) is 0 Å². The number of carbonyl (C=O) groups excluding carboxylic acids is 1. The second kappa shape index (κ2) is 6.18. The molecule has 5 rings (SSSR count). The predicted octanol–water partition coefficient (Wildman–Crippen LogP) is 2.18. The highest BCUT2D eigenvalue weighted by molar-refractivity contribution is 6.00. The van der Waals surface area contributed by atoms with Crippen molar-refractivity contribution < 1.29 is 14.6 Å². The van der Waals surface area contributed by atoms with Gasteiger partial charge in [0, 0.05) is 28.9 Å². The van der Waals surface area contributed by atoms with Crippen molar-refractivity contribution in [3.8, 4) is 5.75 Å². The first-order chi connectivity index (χ1) is 13.2. The number of piperidine rings is 1. The monoisotopic (exact) mass is 363 g/mol. The van der Waals surface area contributed by atoms with Crippen molar-refractivity contribution >= 4 is 17.8 Å². The molecule has 138 valence electrons. The van der Waals surface area contributed by atoms with Gasteiger partial charge in [0.1, 0.15) is 18.0 Å². The summed E-state index contributed by atoms with van der Waals surface area (Å²) in [4.78, 5) is 19.3. The molecular formula is C21H21N3O3. The van der Waals surface area contributed by atoms with Gasteiger partial charge in [0.05, 0.1) is 0 Å². The molecule has 0 bridgehead atoms. The maximum absolute atomic E-state index is 13.3. The molecule has 6 heteroatoms. The zero-order chi connectivity index (χ0) is 18.4. The lowest BCUT2D eigenvalue weighted by molar-refractivity contribution is -0.0744. The van der Waals surface area contributed by atoms with Crippen LogP contribution in [0.4, 0.5) is 5.69 Å². The molecule has 0 spiro atoms. The standard InChI is InChI=1S/C21H21N3O3/c25-20-16-3-1-2-4-17(16)21(26,24(20)15-7-9-22-10-8-15)14-5-6-19-18(13-14)23-11-12-27-19/h1-6,11,13,15,22,26H,7-10,12H2. The number of rotatable bonds is 2. The summed E-state index contributed by atoms with van der Waals surface area (Å²) in [6, 6.07) is 12.8. The van der Waals surface area contributed by atoms with E-state index in [-0.39, 0.29) is 11.9 Å². The molecule has 3 aliphatic rings. The second-order valence-electron chi connectivity index (χ2n) is 7.18. The molecule has 1 fully saturated rings. The molecule has 2 N–H and O–H groups in total. The largest absolute Gasteiger partial charge is 0.486 e. The van der Waals surface area contributed by atoms with Gasteiger partial charge in [-0.3, -0.25) is 14.7 Å². The molecule has 0 aromatic heterocycles. The Morgan fingerprint density at radius 2 is 2.00 bits per heavy atom. The molecule has 1 unspecified atom stereocenters. The number of aliphatic hydroxyl groups is 1. The van der Waals surface area contributed by atoms with Crippen LogP contribution in [-0.4, -0.2) is 47.9 Å². The normalized spacial score (nSPS) is 24.5. The fraction of sp³-hybridized carbons (Fsp3) is 0.333. The third kappa shape index (κ3) is 2.40. The first kappa shape index (κ1) is 16.5. The van der Waals surface area contributed by atoms with Crippen LogP contribution in [0.25, 0.3) is 0 Å². The number of nitrogens with one attached hydrogen (secondary N) is 1. The first-order valence-corrected chi connectivity index (χ1v) is 9.35. The molecule has 2 aromatic carbocycles. The van der Waals surface area contributed by atoms with Crippen LogP contribution in [0.3, 0.4) is 0 Å². The average molecular weight is 363 g/mol. The number of ether oxygens (including phenoxy) is 1. The van der Waals surface area contributed by atoms with E-state index in [1.807, 2.05) is 36.4 Å². The highest BCUT2D eigenvalue weighted by atomic mass is 16.5. The average Bonchev–Trinajstić information content (AvgIpc) is 2.97. The Hall–Kier alpha value is -2.70. The van der Waals surface area contributed by atoms with Gasteiger partial charge in [-0.1, -0.05) is 24.3 Å². The molecular weight excluding hydrogens is 342 g/mol. The van der Waals surface area contributed by atoms with Crippen LogP contribution in [-0.2, 0) is 5.72 Å². The highest BCUT2D eigenvalue weighted by Gasteiger charge is 2.52. The Morgan fingerprint density at radius 3 is 2.85 bits per heavy atom. The minimum Gasteiger partial charge on any atom is -0.486 e. The fourth-order valence-electron chi connectivity index (χ4n) is 4.39. The summed E-state index contributed by atoms with van der Waals surface area (Å²) >= 11 is 0. The van der Waals surface area contributed by atoms with Gasteiger partial charge in [0.25, 0.3) is 5.91 Å². The molecule has 1 saturated heterocycles. The van der Waals surface area contributed by atoms with Crippen molar-refractivity contribution in [3.05, 3.63) is 59.2 Å². The first-order valence-electron chi connectivity index (χ1n) is 9.35. The lowest BCUT2D eigenvalue weighted by Gasteiger charge is -2.42. The summed E-state index contributed by atoms with van der Waals surface area (Å²) in [7, 11) is 0. The summed E-state index contributed by atoms with van der Waals surface area (Å²) in [6.07, 6.45) is 3.33. The quantitative estimate of drug-likeness (QED) is 0.858. The van der Waals surface area contributed by atoms with Crippen LogP contribution in [0.15, 0.2) is 47.5 Å². The molecule has 3 aliphatic heterocycles. The van der Waals surface area contributed by atoms with Crippen LogP contribution < -0.4 is 10.1 Å². The van der Waals surface area contributed by atoms with Crippen molar-refractivity contribution in [2.45, 2.75) is 24.6 Å². The van der Waals surface area contributed by atoms with E-state index < -0.39 is 5.72 Å². The molecule has 1 atom stereocenters. The number of aliphatic imine (C=N–C) groups is 1. The zero-order valence-corrected chi connectivity index (χ0v) is 14.9. The molecule has 2 aromatic rings. The number of fused-ring (bicyclic) bond motifs is 2. The molecule has 6 nitrogen and oxygen atoms in total. The summed E-state index contributed by atoms with van der Waals surface area (Å²) < 4.78 is 5.59. The molecule has 27 heavy (non-hydrogen) atoms. The number of carbonyl (C=O) groups is 1. The van der Waals surface area contributed by atoms with Crippen LogP contribution >= 0.6 is 0 Å². The Balaban J connectivity index is 1.68. The minimum absolute atomic E-state index is 0.0214. The summed E-state index contributed by atoms with van der Waals surface area (Å²) in [5, 5.41) is 15.3. The minimum atomic E-state index is -1.50. The highest BCUT2D eigenvalue weighted by Crippen LogP contribution is 2.46. The van der Waals surface area contributed by atoms with E-state index in [4.69, 9.17) is 4.74 Å².